The summed E-state index contributed by atoms with van der Waals surface area (Å²) in [5, 5.41) is 3.62. The summed E-state index contributed by atoms with van der Waals surface area (Å²) >= 11 is 0. The van der Waals surface area contributed by atoms with Gasteiger partial charge in [0.1, 0.15) is 0 Å². The van der Waals surface area contributed by atoms with E-state index in [2.05, 4.69) is 26.1 Å². The van der Waals surface area contributed by atoms with E-state index in [1.54, 1.807) is 0 Å². The summed E-state index contributed by atoms with van der Waals surface area (Å²) in [5.74, 6) is 1.51. The summed E-state index contributed by atoms with van der Waals surface area (Å²) in [5.41, 5.74) is 0. The molecule has 0 heterocycles. The van der Waals surface area contributed by atoms with E-state index in [0.717, 1.165) is 37.6 Å². The van der Waals surface area contributed by atoms with Gasteiger partial charge >= 0.3 is 0 Å². The minimum absolute atomic E-state index is 0.750. The van der Waals surface area contributed by atoms with Crippen molar-refractivity contribution in [1.82, 2.24) is 5.32 Å². The number of ether oxygens (including phenoxy) is 1. The van der Waals surface area contributed by atoms with Crippen LogP contribution in [-0.4, -0.2) is 25.8 Å². The Labute approximate surface area is 101 Å². The fourth-order valence-corrected chi connectivity index (χ4v) is 1.79. The molecule has 1 aliphatic rings. The highest BCUT2D eigenvalue weighted by molar-refractivity contribution is 4.76. The maximum Gasteiger partial charge on any atom is 0.0469 e. The van der Waals surface area contributed by atoms with E-state index < -0.39 is 0 Å². The second kappa shape index (κ2) is 8.08. The molecule has 0 aromatic carbocycles. The topological polar surface area (TPSA) is 21.3 Å². The van der Waals surface area contributed by atoms with Crippen LogP contribution in [-0.2, 0) is 4.74 Å². The first-order valence-corrected chi connectivity index (χ1v) is 6.99. The Morgan fingerprint density at radius 3 is 2.38 bits per heavy atom. The van der Waals surface area contributed by atoms with Crippen LogP contribution in [0.1, 0.15) is 52.9 Å². The van der Waals surface area contributed by atoms with E-state index >= 15 is 0 Å². The van der Waals surface area contributed by atoms with Crippen molar-refractivity contribution < 1.29 is 4.74 Å². The smallest absolute Gasteiger partial charge is 0.0469 e. The fraction of sp³-hybridized carbons (Fsp3) is 1.00. The van der Waals surface area contributed by atoms with Gasteiger partial charge in [0, 0.05) is 19.3 Å². The lowest BCUT2D eigenvalue weighted by molar-refractivity contribution is 0.111. The summed E-state index contributed by atoms with van der Waals surface area (Å²) in [6, 6.07) is 0.823. The molecule has 1 atom stereocenters. The van der Waals surface area contributed by atoms with Crippen LogP contribution >= 0.6 is 0 Å². The first kappa shape index (κ1) is 14.0. The standard InChI is InChI=1S/C14H29NO/c1-12(2)7-9-16-10-8-13(3)11-15-14-5-4-6-14/h12-15H,4-11H2,1-3H3. The van der Waals surface area contributed by atoms with Crippen LogP contribution in [0.2, 0.25) is 0 Å². The quantitative estimate of drug-likeness (QED) is 0.611. The molecule has 0 aliphatic heterocycles. The van der Waals surface area contributed by atoms with Crippen molar-refractivity contribution in [1.29, 1.82) is 0 Å². The van der Waals surface area contributed by atoms with Gasteiger partial charge in [0.05, 0.1) is 0 Å². The molecular weight excluding hydrogens is 198 g/mol. The zero-order chi connectivity index (χ0) is 11.8. The lowest BCUT2D eigenvalue weighted by atomic mass is 9.92. The van der Waals surface area contributed by atoms with Gasteiger partial charge in [-0.2, -0.15) is 0 Å². The second-order valence-corrected chi connectivity index (χ2v) is 5.72. The van der Waals surface area contributed by atoms with Gasteiger partial charge < -0.3 is 10.1 Å². The Morgan fingerprint density at radius 2 is 1.81 bits per heavy atom. The van der Waals surface area contributed by atoms with E-state index in [1.165, 1.54) is 32.1 Å². The van der Waals surface area contributed by atoms with Crippen molar-refractivity contribution in [3.8, 4) is 0 Å². The molecule has 1 rings (SSSR count). The van der Waals surface area contributed by atoms with Crippen molar-refractivity contribution in [3.63, 3.8) is 0 Å². The molecule has 0 radical (unpaired) electrons. The number of rotatable bonds is 9. The Morgan fingerprint density at radius 1 is 1.12 bits per heavy atom. The Balaban J connectivity index is 1.83. The van der Waals surface area contributed by atoms with Crippen molar-refractivity contribution in [3.05, 3.63) is 0 Å². The van der Waals surface area contributed by atoms with Gasteiger partial charge in [-0.3, -0.25) is 0 Å². The van der Waals surface area contributed by atoms with E-state index in [1.807, 2.05) is 0 Å². The molecule has 0 aromatic rings. The molecule has 1 unspecified atom stereocenters. The van der Waals surface area contributed by atoms with Crippen LogP contribution in [0.5, 0.6) is 0 Å². The fourth-order valence-electron chi connectivity index (χ4n) is 1.79. The van der Waals surface area contributed by atoms with Crippen LogP contribution in [0.15, 0.2) is 0 Å². The van der Waals surface area contributed by atoms with E-state index in [-0.39, 0.29) is 0 Å². The molecule has 1 N–H and O–H groups in total. The zero-order valence-electron chi connectivity index (χ0n) is 11.3. The summed E-state index contributed by atoms with van der Waals surface area (Å²) in [6.07, 6.45) is 6.58. The molecule has 0 saturated heterocycles. The van der Waals surface area contributed by atoms with Gasteiger partial charge in [-0.15, -0.1) is 0 Å². The van der Waals surface area contributed by atoms with Crippen molar-refractivity contribution in [2.75, 3.05) is 19.8 Å². The highest BCUT2D eigenvalue weighted by Crippen LogP contribution is 2.18. The summed E-state index contributed by atoms with van der Waals surface area (Å²) in [6.45, 7) is 9.83. The number of nitrogens with one attached hydrogen (secondary N) is 1. The molecule has 0 aromatic heterocycles. The maximum atomic E-state index is 5.63. The molecule has 0 amide bonds. The van der Waals surface area contributed by atoms with Crippen molar-refractivity contribution in [2.24, 2.45) is 11.8 Å². The van der Waals surface area contributed by atoms with Crippen LogP contribution in [0.4, 0.5) is 0 Å². The zero-order valence-corrected chi connectivity index (χ0v) is 11.3. The molecule has 1 fully saturated rings. The third kappa shape index (κ3) is 6.49. The van der Waals surface area contributed by atoms with E-state index in [4.69, 9.17) is 4.74 Å². The first-order chi connectivity index (χ1) is 7.68. The normalized spacial score (nSPS) is 18.8. The molecule has 16 heavy (non-hydrogen) atoms. The molecule has 2 nitrogen and oxygen atoms in total. The monoisotopic (exact) mass is 227 g/mol. The molecule has 2 heteroatoms. The minimum Gasteiger partial charge on any atom is -0.381 e. The van der Waals surface area contributed by atoms with Crippen molar-refractivity contribution >= 4 is 0 Å². The highest BCUT2D eigenvalue weighted by Gasteiger charge is 2.16. The molecular formula is C14H29NO. The first-order valence-electron chi connectivity index (χ1n) is 6.99. The summed E-state index contributed by atoms with van der Waals surface area (Å²) in [4.78, 5) is 0. The maximum absolute atomic E-state index is 5.63. The average Bonchev–Trinajstić information content (AvgIpc) is 2.14. The van der Waals surface area contributed by atoms with Crippen LogP contribution in [0, 0.1) is 11.8 Å². The second-order valence-electron chi connectivity index (χ2n) is 5.72. The van der Waals surface area contributed by atoms with Crippen LogP contribution in [0.25, 0.3) is 0 Å². The minimum atomic E-state index is 0.750. The molecule has 0 spiro atoms. The predicted molar refractivity (Wildman–Crippen MR) is 69.7 cm³/mol. The molecule has 0 bridgehead atoms. The highest BCUT2D eigenvalue weighted by atomic mass is 16.5. The van der Waals surface area contributed by atoms with Crippen molar-refractivity contribution in [2.45, 2.75) is 58.9 Å². The summed E-state index contributed by atoms with van der Waals surface area (Å²) < 4.78 is 5.63. The van der Waals surface area contributed by atoms with Gasteiger partial charge in [-0.1, -0.05) is 27.2 Å². The van der Waals surface area contributed by atoms with Gasteiger partial charge in [-0.05, 0) is 44.1 Å². The molecule has 96 valence electrons. The Hall–Kier alpha value is -0.0800. The van der Waals surface area contributed by atoms with Crippen LogP contribution in [0.3, 0.4) is 0 Å². The predicted octanol–water partition coefficient (Wildman–Crippen LogP) is 3.22. The van der Waals surface area contributed by atoms with Crippen LogP contribution < -0.4 is 5.32 Å². The summed E-state index contributed by atoms with van der Waals surface area (Å²) in [7, 11) is 0. The third-order valence-electron chi connectivity index (χ3n) is 3.45. The Bertz CT molecular complexity index is 166. The molecule has 1 saturated carbocycles. The number of hydrogen-bond acceptors (Lipinski definition) is 2. The van der Waals surface area contributed by atoms with Gasteiger partial charge in [0.15, 0.2) is 0 Å². The number of hydrogen-bond donors (Lipinski definition) is 1. The largest absolute Gasteiger partial charge is 0.381 e. The van der Waals surface area contributed by atoms with E-state index in [9.17, 15) is 0 Å². The average molecular weight is 227 g/mol. The van der Waals surface area contributed by atoms with Gasteiger partial charge in [0.2, 0.25) is 0 Å². The van der Waals surface area contributed by atoms with E-state index in [0.29, 0.717) is 0 Å². The SMILES string of the molecule is CC(C)CCOCCC(C)CNC1CCC1. The third-order valence-corrected chi connectivity index (χ3v) is 3.45. The molecule has 1 aliphatic carbocycles. The lowest BCUT2D eigenvalue weighted by Crippen LogP contribution is -2.37. The van der Waals surface area contributed by atoms with Gasteiger partial charge in [0.25, 0.3) is 0 Å². The van der Waals surface area contributed by atoms with Gasteiger partial charge in [-0.25, -0.2) is 0 Å². The lowest BCUT2D eigenvalue weighted by Gasteiger charge is -2.28. The Kier molecular flexibility index (Phi) is 7.06.